The first-order valence-corrected chi connectivity index (χ1v) is 10.9. The molecule has 1 fully saturated rings. The number of anilines is 1. The average molecular weight is 482 g/mol. The second-order valence-corrected chi connectivity index (χ2v) is 8.24. The van der Waals surface area contributed by atoms with Gasteiger partial charge in [-0.3, -0.25) is 4.79 Å². The number of halogens is 4. The average Bonchev–Trinajstić information content (AvgIpc) is 3.10. The fraction of sp³-hybridized carbons (Fsp3) is 0.409. The number of nitrogens with one attached hydrogen (secondary N) is 2. The van der Waals surface area contributed by atoms with E-state index < -0.39 is 17.6 Å². The predicted molar refractivity (Wildman–Crippen MR) is 119 cm³/mol. The van der Waals surface area contributed by atoms with E-state index in [4.69, 9.17) is 16.3 Å². The summed E-state index contributed by atoms with van der Waals surface area (Å²) in [6.45, 7) is 4.60. The molecule has 1 aliphatic rings. The number of rotatable bonds is 6. The molecule has 2 aromatic heterocycles. The first-order chi connectivity index (χ1) is 15.7. The van der Waals surface area contributed by atoms with Crippen molar-refractivity contribution in [3.8, 4) is 0 Å². The second-order valence-electron chi connectivity index (χ2n) is 7.86. The summed E-state index contributed by atoms with van der Waals surface area (Å²) in [6, 6.07) is 4.60. The minimum Gasteiger partial charge on any atom is -0.381 e. The van der Waals surface area contributed by atoms with Crippen LogP contribution < -0.4 is 10.6 Å². The van der Waals surface area contributed by atoms with Gasteiger partial charge in [-0.2, -0.15) is 18.3 Å². The van der Waals surface area contributed by atoms with Crippen LogP contribution >= 0.6 is 11.6 Å². The molecule has 11 heteroatoms. The smallest absolute Gasteiger partial charge is 0.381 e. The lowest BCUT2D eigenvalue weighted by Gasteiger charge is -2.23. The molecule has 0 spiro atoms. The van der Waals surface area contributed by atoms with Crippen molar-refractivity contribution in [1.82, 2.24) is 20.1 Å². The van der Waals surface area contributed by atoms with Crippen molar-refractivity contribution >= 4 is 34.2 Å². The number of carbonyl (C=O) groups excluding carboxylic acids is 1. The van der Waals surface area contributed by atoms with Crippen LogP contribution in [0.3, 0.4) is 0 Å². The zero-order valence-corrected chi connectivity index (χ0v) is 18.6. The van der Waals surface area contributed by atoms with E-state index >= 15 is 0 Å². The molecule has 0 bridgehead atoms. The van der Waals surface area contributed by atoms with Crippen LogP contribution in [-0.4, -0.2) is 46.5 Å². The highest BCUT2D eigenvalue weighted by Gasteiger charge is 2.30. The largest absolute Gasteiger partial charge is 0.416 e. The molecule has 3 heterocycles. The van der Waals surface area contributed by atoms with Gasteiger partial charge in [0, 0.05) is 37.7 Å². The molecule has 7 nitrogen and oxygen atoms in total. The molecule has 33 heavy (non-hydrogen) atoms. The van der Waals surface area contributed by atoms with E-state index in [0.29, 0.717) is 35.9 Å². The molecule has 0 aliphatic carbocycles. The molecule has 0 atom stereocenters. The minimum absolute atomic E-state index is 0.118. The summed E-state index contributed by atoms with van der Waals surface area (Å²) in [6.07, 6.45) is -1.15. The van der Waals surface area contributed by atoms with E-state index in [1.54, 1.807) is 11.6 Å². The highest BCUT2D eigenvalue weighted by Crippen LogP contribution is 2.31. The van der Waals surface area contributed by atoms with Crippen LogP contribution in [0.25, 0.3) is 11.0 Å². The van der Waals surface area contributed by atoms with Crippen molar-refractivity contribution in [2.45, 2.75) is 38.5 Å². The van der Waals surface area contributed by atoms with Crippen LogP contribution in [-0.2, 0) is 17.5 Å². The van der Waals surface area contributed by atoms with Gasteiger partial charge in [0.15, 0.2) is 5.65 Å². The SMILES string of the molecule is Cc1nn(CCNC2CCOCC2)c2ncc(C(=O)Nc3ccc(C(F)(F)F)cc3)c(Cl)c12. The van der Waals surface area contributed by atoms with Crippen LogP contribution in [0.1, 0.15) is 34.5 Å². The van der Waals surface area contributed by atoms with Crippen molar-refractivity contribution in [2.75, 3.05) is 25.1 Å². The Balaban J connectivity index is 1.48. The quantitative estimate of drug-likeness (QED) is 0.544. The van der Waals surface area contributed by atoms with Crippen LogP contribution in [0.4, 0.5) is 18.9 Å². The van der Waals surface area contributed by atoms with E-state index in [-0.39, 0.29) is 16.3 Å². The van der Waals surface area contributed by atoms with E-state index in [1.807, 2.05) is 0 Å². The Labute approximate surface area is 193 Å². The van der Waals surface area contributed by atoms with Crippen molar-refractivity contribution in [2.24, 2.45) is 0 Å². The van der Waals surface area contributed by atoms with E-state index in [1.165, 1.54) is 18.3 Å². The van der Waals surface area contributed by atoms with Crippen molar-refractivity contribution < 1.29 is 22.7 Å². The van der Waals surface area contributed by atoms with Crippen molar-refractivity contribution in [3.63, 3.8) is 0 Å². The molecular formula is C22H23ClF3N5O2. The summed E-state index contributed by atoms with van der Waals surface area (Å²) in [7, 11) is 0. The van der Waals surface area contributed by atoms with Gasteiger partial charge in [0.2, 0.25) is 0 Å². The van der Waals surface area contributed by atoms with Gasteiger partial charge in [-0.15, -0.1) is 0 Å². The third kappa shape index (κ3) is 5.29. The molecule has 1 saturated heterocycles. The van der Waals surface area contributed by atoms with Crippen LogP contribution in [0.15, 0.2) is 30.5 Å². The number of alkyl halides is 3. The lowest BCUT2D eigenvalue weighted by molar-refractivity contribution is -0.137. The Morgan fingerprint density at radius 1 is 1.24 bits per heavy atom. The Kier molecular flexibility index (Phi) is 6.87. The van der Waals surface area contributed by atoms with Crippen LogP contribution in [0, 0.1) is 6.92 Å². The normalized spacial score (nSPS) is 15.2. The molecule has 176 valence electrons. The van der Waals surface area contributed by atoms with Gasteiger partial charge in [0.25, 0.3) is 5.91 Å². The third-order valence-electron chi connectivity index (χ3n) is 5.57. The molecular weight excluding hydrogens is 459 g/mol. The number of amides is 1. The van der Waals surface area contributed by atoms with Gasteiger partial charge in [0.1, 0.15) is 0 Å². The Hall–Kier alpha value is -2.69. The molecule has 1 aliphatic heterocycles. The van der Waals surface area contributed by atoms with Gasteiger partial charge in [-0.1, -0.05) is 11.6 Å². The number of aryl methyl sites for hydroxylation is 1. The first kappa shape index (κ1) is 23.5. The summed E-state index contributed by atoms with van der Waals surface area (Å²) >= 11 is 6.53. The van der Waals surface area contributed by atoms with Crippen LogP contribution in [0.5, 0.6) is 0 Å². The number of hydrogen-bond acceptors (Lipinski definition) is 5. The maximum absolute atomic E-state index is 12.7. The van der Waals surface area contributed by atoms with E-state index in [9.17, 15) is 18.0 Å². The monoisotopic (exact) mass is 481 g/mol. The summed E-state index contributed by atoms with van der Waals surface area (Å²) in [5.41, 5.74) is 0.744. The summed E-state index contributed by atoms with van der Waals surface area (Å²) in [5.74, 6) is -0.567. The lowest BCUT2D eigenvalue weighted by Crippen LogP contribution is -2.36. The number of nitrogens with zero attached hydrogens (tertiary/aromatic N) is 3. The highest BCUT2D eigenvalue weighted by molar-refractivity contribution is 6.39. The standard InChI is InChI=1S/C22H23ClF3N5O2/c1-13-18-19(23)17(21(32)29-16-4-2-14(3-5-16)22(24,25)26)12-28-20(18)31(30-13)9-8-27-15-6-10-33-11-7-15/h2-5,12,15,27H,6-11H2,1H3,(H,29,32). The molecule has 3 aromatic rings. The number of carbonyl (C=O) groups is 1. The molecule has 4 rings (SSSR count). The molecule has 1 aromatic carbocycles. The third-order valence-corrected chi connectivity index (χ3v) is 5.96. The Morgan fingerprint density at radius 3 is 2.61 bits per heavy atom. The zero-order valence-electron chi connectivity index (χ0n) is 17.9. The molecule has 0 saturated carbocycles. The van der Waals surface area contributed by atoms with E-state index in [0.717, 1.165) is 38.2 Å². The maximum Gasteiger partial charge on any atom is 0.416 e. The van der Waals surface area contributed by atoms with Crippen molar-refractivity contribution in [3.05, 3.63) is 52.3 Å². The van der Waals surface area contributed by atoms with Gasteiger partial charge in [0.05, 0.1) is 33.8 Å². The summed E-state index contributed by atoms with van der Waals surface area (Å²) in [4.78, 5) is 17.1. The summed E-state index contributed by atoms with van der Waals surface area (Å²) < 4.78 is 45.3. The van der Waals surface area contributed by atoms with Gasteiger partial charge >= 0.3 is 6.18 Å². The first-order valence-electron chi connectivity index (χ1n) is 10.6. The van der Waals surface area contributed by atoms with Gasteiger partial charge in [-0.05, 0) is 44.0 Å². The number of benzene rings is 1. The Morgan fingerprint density at radius 2 is 1.94 bits per heavy atom. The summed E-state index contributed by atoms with van der Waals surface area (Å²) in [5, 5.41) is 11.3. The molecule has 2 N–H and O–H groups in total. The van der Waals surface area contributed by atoms with Gasteiger partial charge < -0.3 is 15.4 Å². The number of ether oxygens (including phenoxy) is 1. The highest BCUT2D eigenvalue weighted by atomic mass is 35.5. The fourth-order valence-electron chi connectivity index (χ4n) is 3.81. The lowest BCUT2D eigenvalue weighted by atomic mass is 10.1. The van der Waals surface area contributed by atoms with Crippen molar-refractivity contribution in [1.29, 1.82) is 0 Å². The second kappa shape index (κ2) is 9.66. The fourth-order valence-corrected chi connectivity index (χ4v) is 4.16. The number of aromatic nitrogens is 3. The number of hydrogen-bond donors (Lipinski definition) is 2. The predicted octanol–water partition coefficient (Wildman–Crippen LogP) is 4.43. The zero-order chi connectivity index (χ0) is 23.6. The maximum atomic E-state index is 12.7. The topological polar surface area (TPSA) is 81.1 Å². The number of fused-ring (bicyclic) bond motifs is 1. The molecule has 0 radical (unpaired) electrons. The minimum atomic E-state index is -4.45. The molecule has 1 amide bonds. The van der Waals surface area contributed by atoms with E-state index in [2.05, 4.69) is 20.7 Å². The molecule has 0 unspecified atom stereocenters. The van der Waals surface area contributed by atoms with Gasteiger partial charge in [-0.25, -0.2) is 9.67 Å². The Bertz CT molecular complexity index is 1140. The van der Waals surface area contributed by atoms with Crippen LogP contribution in [0.2, 0.25) is 5.02 Å². The number of pyridine rings is 1.